The van der Waals surface area contributed by atoms with Crippen LogP contribution >= 0.6 is 11.3 Å². The molecule has 2 heterocycles. The van der Waals surface area contributed by atoms with Crippen LogP contribution in [0.5, 0.6) is 23.0 Å². The Hall–Kier alpha value is -4.83. The van der Waals surface area contributed by atoms with E-state index in [1.165, 1.54) is 28.6 Å². The number of benzene rings is 3. The highest BCUT2D eigenvalue weighted by molar-refractivity contribution is 7.07. The number of ether oxygens (including phenoxy) is 5. The number of nitrogens with zero attached hydrogens (tertiary/aromatic N) is 2. The monoisotopic (exact) mass is 628 g/mol. The number of hydrogen-bond acceptors (Lipinski definition) is 9. The van der Waals surface area contributed by atoms with Crippen molar-refractivity contribution in [2.24, 2.45) is 4.99 Å². The molecule has 10 heteroatoms. The molecule has 1 unspecified atom stereocenters. The van der Waals surface area contributed by atoms with E-state index in [1.54, 1.807) is 39.2 Å². The third-order valence-corrected chi connectivity index (χ3v) is 8.52. The van der Waals surface area contributed by atoms with Crippen LogP contribution in [0.15, 0.2) is 81.7 Å². The molecule has 1 aliphatic rings. The molecule has 0 radical (unpaired) electrons. The normalized spacial score (nSPS) is 14.4. The van der Waals surface area contributed by atoms with E-state index in [-0.39, 0.29) is 17.7 Å². The zero-order chi connectivity index (χ0) is 32.1. The second-order valence-corrected chi connectivity index (χ2v) is 11.4. The zero-order valence-electron chi connectivity index (χ0n) is 26.2. The Morgan fingerprint density at radius 3 is 2.40 bits per heavy atom. The molecule has 3 aromatic carbocycles. The van der Waals surface area contributed by atoms with Crippen molar-refractivity contribution in [1.82, 2.24) is 4.57 Å². The van der Waals surface area contributed by atoms with Gasteiger partial charge in [0.25, 0.3) is 5.56 Å². The van der Waals surface area contributed by atoms with Crippen LogP contribution in [-0.2, 0) is 9.53 Å². The molecule has 0 fully saturated rings. The molecule has 0 spiro atoms. The van der Waals surface area contributed by atoms with E-state index in [1.807, 2.05) is 55.5 Å². The van der Waals surface area contributed by atoms with Crippen molar-refractivity contribution in [3.8, 4) is 23.0 Å². The summed E-state index contributed by atoms with van der Waals surface area (Å²) in [6.07, 6.45) is 1.79. The molecule has 0 N–H and O–H groups in total. The average Bonchev–Trinajstić information content (AvgIpc) is 3.34. The van der Waals surface area contributed by atoms with E-state index < -0.39 is 12.0 Å². The number of thiazole rings is 1. The van der Waals surface area contributed by atoms with Crippen molar-refractivity contribution in [3.63, 3.8) is 0 Å². The minimum atomic E-state index is -0.781. The Morgan fingerprint density at radius 1 is 0.911 bits per heavy atom. The van der Waals surface area contributed by atoms with Gasteiger partial charge in [0.15, 0.2) is 16.3 Å². The van der Waals surface area contributed by atoms with Crippen molar-refractivity contribution in [1.29, 1.82) is 0 Å². The molecule has 0 amide bonds. The third kappa shape index (κ3) is 6.66. The second kappa shape index (κ2) is 13.9. The van der Waals surface area contributed by atoms with Gasteiger partial charge in [0, 0.05) is 5.56 Å². The molecule has 5 rings (SSSR count). The SMILES string of the molecule is CCOC(=O)C1=C(C)N=c2s/c(=C/c3ccccc3OCCOc3ccc(C)c(C)c3)c(=O)n2C1c1ccc(OC)c(OC)c1. The lowest BCUT2D eigenvalue weighted by atomic mass is 9.95. The number of aromatic nitrogens is 1. The van der Waals surface area contributed by atoms with E-state index in [2.05, 4.69) is 11.9 Å². The number of methoxy groups -OCH3 is 2. The second-order valence-electron chi connectivity index (χ2n) is 10.4. The summed E-state index contributed by atoms with van der Waals surface area (Å²) < 4.78 is 30.3. The molecule has 9 nitrogen and oxygen atoms in total. The summed E-state index contributed by atoms with van der Waals surface area (Å²) in [7, 11) is 3.09. The number of fused-ring (bicyclic) bond motifs is 1. The number of carbonyl (C=O) groups excluding carboxylic acids is 1. The first-order valence-electron chi connectivity index (χ1n) is 14.6. The summed E-state index contributed by atoms with van der Waals surface area (Å²) in [6, 6.07) is 18.0. The fraction of sp³-hybridized carbons (Fsp3) is 0.286. The van der Waals surface area contributed by atoms with Crippen LogP contribution in [0.3, 0.4) is 0 Å². The lowest BCUT2D eigenvalue weighted by Gasteiger charge is -2.25. The van der Waals surface area contributed by atoms with Crippen LogP contribution in [0.4, 0.5) is 0 Å². The van der Waals surface area contributed by atoms with Gasteiger partial charge in [0.1, 0.15) is 24.7 Å². The number of hydrogen-bond donors (Lipinski definition) is 0. The molecule has 0 bridgehead atoms. The van der Waals surface area contributed by atoms with Gasteiger partial charge >= 0.3 is 5.97 Å². The van der Waals surface area contributed by atoms with Gasteiger partial charge in [0.05, 0.1) is 42.7 Å². The van der Waals surface area contributed by atoms with Crippen molar-refractivity contribution in [3.05, 3.63) is 114 Å². The van der Waals surface area contributed by atoms with Gasteiger partial charge in [-0.1, -0.05) is 41.7 Å². The predicted molar refractivity (Wildman–Crippen MR) is 173 cm³/mol. The number of carbonyl (C=O) groups is 1. The molecule has 0 saturated heterocycles. The van der Waals surface area contributed by atoms with Gasteiger partial charge in [0.2, 0.25) is 0 Å². The fourth-order valence-electron chi connectivity index (χ4n) is 5.12. The van der Waals surface area contributed by atoms with Gasteiger partial charge in [-0.25, -0.2) is 9.79 Å². The van der Waals surface area contributed by atoms with Gasteiger partial charge in [-0.05, 0) is 80.8 Å². The van der Waals surface area contributed by atoms with Gasteiger partial charge in [-0.3, -0.25) is 9.36 Å². The highest BCUT2D eigenvalue weighted by atomic mass is 32.1. The molecule has 0 aliphatic carbocycles. The summed E-state index contributed by atoms with van der Waals surface area (Å²) in [5.74, 6) is 1.88. The maximum Gasteiger partial charge on any atom is 0.338 e. The molecular formula is C35H36N2O7S. The van der Waals surface area contributed by atoms with Crippen LogP contribution in [-0.4, -0.2) is 44.6 Å². The standard InChI is InChI=1S/C35H36N2O7S/c1-7-42-34(39)31-23(4)36-35-37(32(31)25-13-15-28(40-5)29(19-25)41-6)33(38)30(45-35)20-24-10-8-9-11-27(24)44-17-16-43-26-14-12-21(2)22(3)18-26/h8-15,18-20,32H,7,16-17H2,1-6H3/b30-20+. The topological polar surface area (TPSA) is 97.6 Å². The Bertz CT molecular complexity index is 1940. The lowest BCUT2D eigenvalue weighted by molar-refractivity contribution is -0.139. The molecule has 1 atom stereocenters. The number of esters is 1. The first-order valence-corrected chi connectivity index (χ1v) is 15.4. The van der Waals surface area contributed by atoms with Crippen LogP contribution < -0.4 is 33.8 Å². The minimum Gasteiger partial charge on any atom is -0.493 e. The van der Waals surface area contributed by atoms with Crippen molar-refractivity contribution < 1.29 is 28.5 Å². The largest absolute Gasteiger partial charge is 0.493 e. The molecule has 1 aromatic heterocycles. The molecule has 4 aromatic rings. The Balaban J connectivity index is 1.50. The fourth-order valence-corrected chi connectivity index (χ4v) is 6.15. The van der Waals surface area contributed by atoms with Crippen LogP contribution in [0, 0.1) is 13.8 Å². The zero-order valence-corrected chi connectivity index (χ0v) is 27.0. The number of aryl methyl sites for hydroxylation is 2. The summed E-state index contributed by atoms with van der Waals surface area (Å²) in [6.45, 7) is 8.47. The Kier molecular flexibility index (Phi) is 9.73. The van der Waals surface area contributed by atoms with Gasteiger partial charge in [-0.2, -0.15) is 0 Å². The van der Waals surface area contributed by atoms with Gasteiger partial charge in [-0.15, -0.1) is 0 Å². The first kappa shape index (κ1) is 31.6. The highest BCUT2D eigenvalue weighted by Gasteiger charge is 2.34. The number of allylic oxidation sites excluding steroid dienone is 1. The predicted octanol–water partition coefficient (Wildman–Crippen LogP) is 4.89. The summed E-state index contributed by atoms with van der Waals surface area (Å²) in [5.41, 5.74) is 4.24. The highest BCUT2D eigenvalue weighted by Crippen LogP contribution is 2.36. The third-order valence-electron chi connectivity index (χ3n) is 7.53. The molecule has 234 valence electrons. The molecular weight excluding hydrogens is 592 g/mol. The molecule has 0 saturated carbocycles. The minimum absolute atomic E-state index is 0.186. The van der Waals surface area contributed by atoms with Crippen LogP contribution in [0.25, 0.3) is 6.08 Å². The summed E-state index contributed by atoms with van der Waals surface area (Å²) in [4.78, 5) is 32.5. The first-order chi connectivity index (χ1) is 21.7. The Morgan fingerprint density at radius 2 is 1.67 bits per heavy atom. The van der Waals surface area contributed by atoms with Crippen LogP contribution in [0.1, 0.15) is 42.1 Å². The van der Waals surface area contributed by atoms with E-state index >= 15 is 0 Å². The summed E-state index contributed by atoms with van der Waals surface area (Å²) >= 11 is 1.25. The number of rotatable bonds is 11. The lowest BCUT2D eigenvalue weighted by Crippen LogP contribution is -2.40. The van der Waals surface area contributed by atoms with Gasteiger partial charge < -0.3 is 23.7 Å². The number of para-hydroxylation sites is 1. The van der Waals surface area contributed by atoms with Crippen molar-refractivity contribution >= 4 is 23.4 Å². The summed E-state index contributed by atoms with van der Waals surface area (Å²) in [5, 5.41) is 0. The average molecular weight is 629 g/mol. The molecule has 1 aliphatic heterocycles. The van der Waals surface area contributed by atoms with Crippen molar-refractivity contribution in [2.75, 3.05) is 34.0 Å². The smallest absolute Gasteiger partial charge is 0.338 e. The Labute approximate surface area is 265 Å². The van der Waals surface area contributed by atoms with E-state index in [9.17, 15) is 9.59 Å². The van der Waals surface area contributed by atoms with Crippen LogP contribution in [0.2, 0.25) is 0 Å². The maximum absolute atomic E-state index is 14.1. The van der Waals surface area contributed by atoms with E-state index in [0.717, 1.165) is 16.9 Å². The van der Waals surface area contributed by atoms with Crippen molar-refractivity contribution in [2.45, 2.75) is 33.7 Å². The maximum atomic E-state index is 14.1. The van der Waals surface area contributed by atoms with E-state index in [0.29, 0.717) is 51.1 Å². The molecule has 45 heavy (non-hydrogen) atoms. The quantitative estimate of drug-likeness (QED) is 0.172. The van der Waals surface area contributed by atoms with E-state index in [4.69, 9.17) is 23.7 Å².